The summed E-state index contributed by atoms with van der Waals surface area (Å²) in [7, 11) is 0. The number of benzene rings is 1. The van der Waals surface area contributed by atoms with E-state index in [1.54, 1.807) is 16.8 Å². The van der Waals surface area contributed by atoms with Gasteiger partial charge in [-0.1, -0.05) is 12.1 Å². The Hall–Kier alpha value is -2.35. The van der Waals surface area contributed by atoms with Crippen molar-refractivity contribution in [3.63, 3.8) is 0 Å². The second-order valence-electron chi connectivity index (χ2n) is 4.88. The molecule has 128 valence electrons. The second kappa shape index (κ2) is 7.96. The third-order valence-corrected chi connectivity index (χ3v) is 3.74. The fraction of sp³-hybridized carbons (Fsp3) is 0.250. The Balaban J connectivity index is 1.74. The fourth-order valence-corrected chi connectivity index (χ4v) is 2.48. The highest BCUT2D eigenvalue weighted by atomic mass is 32.1. The van der Waals surface area contributed by atoms with Crippen molar-refractivity contribution in [2.24, 2.45) is 0 Å². The van der Waals surface area contributed by atoms with Crippen molar-refractivity contribution in [2.75, 3.05) is 6.54 Å². The minimum Gasteiger partial charge on any atom is -0.461 e. The molecule has 1 aromatic carbocycles. The number of esters is 1. The number of rotatable bonds is 6. The second-order valence-corrected chi connectivity index (χ2v) is 5.66. The van der Waals surface area contributed by atoms with E-state index >= 15 is 0 Å². The molecule has 4 nitrogen and oxygen atoms in total. The van der Waals surface area contributed by atoms with E-state index in [-0.39, 0.29) is 31.0 Å². The SMILES string of the molecule is O=C(CCNC(=O)c1ccsc1)OCc1cccc(C(F)(F)F)c1. The van der Waals surface area contributed by atoms with Crippen molar-refractivity contribution in [1.29, 1.82) is 0 Å². The minimum absolute atomic E-state index is 0.0607. The highest BCUT2D eigenvalue weighted by Crippen LogP contribution is 2.29. The summed E-state index contributed by atoms with van der Waals surface area (Å²) in [5.41, 5.74) is -0.0307. The summed E-state index contributed by atoms with van der Waals surface area (Å²) in [4.78, 5) is 23.2. The molecule has 2 rings (SSSR count). The number of carbonyl (C=O) groups excluding carboxylic acids is 2. The van der Waals surface area contributed by atoms with Gasteiger partial charge in [0.15, 0.2) is 0 Å². The lowest BCUT2D eigenvalue weighted by Crippen LogP contribution is -2.26. The zero-order chi connectivity index (χ0) is 17.6. The van der Waals surface area contributed by atoms with E-state index in [9.17, 15) is 22.8 Å². The largest absolute Gasteiger partial charge is 0.461 e. The molecule has 0 unspecified atom stereocenters. The first-order valence-corrected chi connectivity index (χ1v) is 7.92. The van der Waals surface area contributed by atoms with E-state index in [0.29, 0.717) is 5.56 Å². The molecule has 1 amide bonds. The van der Waals surface area contributed by atoms with Gasteiger partial charge in [-0.3, -0.25) is 9.59 Å². The van der Waals surface area contributed by atoms with Crippen LogP contribution in [0.2, 0.25) is 0 Å². The van der Waals surface area contributed by atoms with Crippen molar-refractivity contribution in [2.45, 2.75) is 19.2 Å². The van der Waals surface area contributed by atoms with Crippen molar-refractivity contribution in [3.8, 4) is 0 Å². The lowest BCUT2D eigenvalue weighted by atomic mass is 10.1. The first-order valence-electron chi connectivity index (χ1n) is 6.98. The van der Waals surface area contributed by atoms with E-state index in [0.717, 1.165) is 12.1 Å². The molecule has 0 aliphatic heterocycles. The van der Waals surface area contributed by atoms with Crippen molar-refractivity contribution >= 4 is 23.2 Å². The lowest BCUT2D eigenvalue weighted by molar-refractivity contribution is -0.144. The predicted molar refractivity (Wildman–Crippen MR) is 82.5 cm³/mol. The monoisotopic (exact) mass is 357 g/mol. The number of ether oxygens (including phenoxy) is 1. The summed E-state index contributed by atoms with van der Waals surface area (Å²) in [6.07, 6.45) is -4.50. The Morgan fingerprint density at radius 3 is 2.67 bits per heavy atom. The topological polar surface area (TPSA) is 55.4 Å². The maximum atomic E-state index is 12.6. The van der Waals surface area contributed by atoms with Gasteiger partial charge < -0.3 is 10.1 Å². The smallest absolute Gasteiger partial charge is 0.416 e. The van der Waals surface area contributed by atoms with Crippen LogP contribution >= 0.6 is 11.3 Å². The molecule has 2 aromatic rings. The molecule has 0 atom stereocenters. The fourth-order valence-electron chi connectivity index (χ4n) is 1.85. The standard InChI is InChI=1S/C16H14F3NO3S/c17-16(18,19)13-3-1-2-11(8-13)9-23-14(21)4-6-20-15(22)12-5-7-24-10-12/h1-3,5,7-8,10H,4,6,9H2,(H,20,22). The van der Waals surface area contributed by atoms with Gasteiger partial charge in [-0.25, -0.2) is 0 Å². The van der Waals surface area contributed by atoms with Gasteiger partial charge in [-0.2, -0.15) is 24.5 Å². The average Bonchev–Trinajstić information content (AvgIpc) is 3.07. The van der Waals surface area contributed by atoms with Gasteiger partial charge in [0.1, 0.15) is 6.61 Å². The number of halogens is 3. The van der Waals surface area contributed by atoms with E-state index < -0.39 is 17.7 Å². The number of alkyl halides is 3. The highest BCUT2D eigenvalue weighted by molar-refractivity contribution is 7.08. The van der Waals surface area contributed by atoms with Crippen LogP contribution in [-0.4, -0.2) is 18.4 Å². The number of hydrogen-bond acceptors (Lipinski definition) is 4. The molecule has 8 heteroatoms. The van der Waals surface area contributed by atoms with Gasteiger partial charge >= 0.3 is 12.1 Å². The Kier molecular flexibility index (Phi) is 5.97. The first kappa shape index (κ1) is 18.0. The van der Waals surface area contributed by atoms with E-state index in [4.69, 9.17) is 4.74 Å². The summed E-state index contributed by atoms with van der Waals surface area (Å²) < 4.78 is 42.6. The van der Waals surface area contributed by atoms with Crippen LogP contribution in [0, 0.1) is 0 Å². The van der Waals surface area contributed by atoms with E-state index in [1.165, 1.54) is 23.5 Å². The van der Waals surface area contributed by atoms with Gasteiger partial charge in [-0.15, -0.1) is 0 Å². The lowest BCUT2D eigenvalue weighted by Gasteiger charge is -2.09. The van der Waals surface area contributed by atoms with Crippen molar-refractivity contribution < 1.29 is 27.5 Å². The summed E-state index contributed by atoms with van der Waals surface area (Å²) in [5.74, 6) is -0.889. The summed E-state index contributed by atoms with van der Waals surface area (Å²) in [6.45, 7) is -0.155. The van der Waals surface area contributed by atoms with Crippen LogP contribution in [0.4, 0.5) is 13.2 Å². The number of hydrogen-bond donors (Lipinski definition) is 1. The molecule has 0 saturated carbocycles. The molecule has 1 N–H and O–H groups in total. The zero-order valence-electron chi connectivity index (χ0n) is 12.4. The summed E-state index contributed by atoms with van der Waals surface area (Å²) >= 11 is 1.38. The first-order chi connectivity index (χ1) is 11.4. The van der Waals surface area contributed by atoms with Crippen LogP contribution in [0.25, 0.3) is 0 Å². The Labute approximate surface area is 140 Å². The third kappa shape index (κ3) is 5.38. The Morgan fingerprint density at radius 1 is 1.21 bits per heavy atom. The molecular formula is C16H14F3NO3S. The van der Waals surface area contributed by atoms with Crippen LogP contribution in [0.3, 0.4) is 0 Å². The minimum atomic E-state index is -4.44. The van der Waals surface area contributed by atoms with Crippen LogP contribution in [0.15, 0.2) is 41.1 Å². The Bertz CT molecular complexity index is 699. The molecule has 1 heterocycles. The summed E-state index contributed by atoms with van der Waals surface area (Å²) in [6, 6.07) is 6.25. The number of thiophene rings is 1. The third-order valence-electron chi connectivity index (χ3n) is 3.05. The molecular weight excluding hydrogens is 343 g/mol. The van der Waals surface area contributed by atoms with Gasteiger partial charge in [0, 0.05) is 17.5 Å². The maximum Gasteiger partial charge on any atom is 0.416 e. The molecule has 0 spiro atoms. The van der Waals surface area contributed by atoms with Crippen LogP contribution in [0.5, 0.6) is 0 Å². The summed E-state index contributed by atoms with van der Waals surface area (Å²) in [5, 5.41) is 6.01. The van der Waals surface area contributed by atoms with Gasteiger partial charge in [0.05, 0.1) is 12.0 Å². The highest BCUT2D eigenvalue weighted by Gasteiger charge is 2.30. The molecule has 0 aliphatic carbocycles. The Morgan fingerprint density at radius 2 is 2.00 bits per heavy atom. The average molecular weight is 357 g/mol. The molecule has 0 saturated heterocycles. The van der Waals surface area contributed by atoms with Crippen LogP contribution < -0.4 is 5.32 Å². The number of nitrogens with one attached hydrogen (secondary N) is 1. The van der Waals surface area contributed by atoms with Gasteiger partial charge in [0.2, 0.25) is 0 Å². The van der Waals surface area contributed by atoms with E-state index in [1.807, 2.05) is 0 Å². The molecule has 0 aliphatic rings. The molecule has 0 bridgehead atoms. The zero-order valence-corrected chi connectivity index (χ0v) is 13.2. The van der Waals surface area contributed by atoms with Crippen molar-refractivity contribution in [3.05, 3.63) is 57.8 Å². The molecule has 24 heavy (non-hydrogen) atoms. The van der Waals surface area contributed by atoms with Gasteiger partial charge in [0.25, 0.3) is 5.91 Å². The van der Waals surface area contributed by atoms with Crippen molar-refractivity contribution in [1.82, 2.24) is 5.32 Å². The van der Waals surface area contributed by atoms with E-state index in [2.05, 4.69) is 5.32 Å². The predicted octanol–water partition coefficient (Wildman–Crippen LogP) is 3.63. The molecule has 1 aromatic heterocycles. The maximum absolute atomic E-state index is 12.6. The molecule has 0 radical (unpaired) electrons. The number of carbonyl (C=O) groups is 2. The number of amides is 1. The van der Waals surface area contributed by atoms with Crippen LogP contribution in [-0.2, 0) is 22.3 Å². The van der Waals surface area contributed by atoms with Gasteiger partial charge in [-0.05, 0) is 29.1 Å². The van der Waals surface area contributed by atoms with Crippen LogP contribution in [0.1, 0.15) is 27.9 Å². The normalized spacial score (nSPS) is 11.1. The quantitative estimate of drug-likeness (QED) is 0.803. The molecule has 0 fully saturated rings.